The van der Waals surface area contributed by atoms with Gasteiger partial charge in [-0.3, -0.25) is 4.79 Å². The second-order valence-corrected chi connectivity index (χ2v) is 3.95. The van der Waals surface area contributed by atoms with Crippen LogP contribution in [0, 0.1) is 0 Å². The Morgan fingerprint density at radius 3 is 2.89 bits per heavy atom. The van der Waals surface area contributed by atoms with E-state index < -0.39 is 0 Å². The SMILES string of the molecule is C=CCCc1ccccc1NC(=O)c1ccoc1. The molecule has 0 bridgehead atoms. The van der Waals surface area contributed by atoms with E-state index in [0.717, 1.165) is 24.1 Å². The smallest absolute Gasteiger partial charge is 0.258 e. The lowest BCUT2D eigenvalue weighted by atomic mass is 10.1. The number of hydrogen-bond donors (Lipinski definition) is 1. The summed E-state index contributed by atoms with van der Waals surface area (Å²) in [7, 11) is 0. The molecule has 1 amide bonds. The molecule has 1 heterocycles. The van der Waals surface area contributed by atoms with Gasteiger partial charge in [0, 0.05) is 5.69 Å². The molecule has 0 saturated carbocycles. The van der Waals surface area contributed by atoms with Gasteiger partial charge in [0.25, 0.3) is 5.91 Å². The highest BCUT2D eigenvalue weighted by Crippen LogP contribution is 2.18. The summed E-state index contributed by atoms with van der Waals surface area (Å²) in [5.74, 6) is -0.158. The molecule has 3 nitrogen and oxygen atoms in total. The van der Waals surface area contributed by atoms with Crippen molar-refractivity contribution in [3.05, 3.63) is 66.6 Å². The van der Waals surface area contributed by atoms with Crippen LogP contribution >= 0.6 is 0 Å². The van der Waals surface area contributed by atoms with Crippen molar-refractivity contribution in [2.24, 2.45) is 0 Å². The van der Waals surface area contributed by atoms with Crippen molar-refractivity contribution in [2.45, 2.75) is 12.8 Å². The molecule has 3 heteroatoms. The summed E-state index contributed by atoms with van der Waals surface area (Å²) in [5, 5.41) is 2.89. The number of allylic oxidation sites excluding steroid dienone is 1. The van der Waals surface area contributed by atoms with Gasteiger partial charge in [0.05, 0.1) is 11.8 Å². The van der Waals surface area contributed by atoms with E-state index >= 15 is 0 Å². The zero-order valence-electron chi connectivity index (χ0n) is 10.1. The summed E-state index contributed by atoms with van der Waals surface area (Å²) in [6, 6.07) is 9.42. The molecule has 0 atom stereocenters. The Hall–Kier alpha value is -2.29. The monoisotopic (exact) mass is 241 g/mol. The molecule has 0 unspecified atom stereocenters. The van der Waals surface area contributed by atoms with Crippen molar-refractivity contribution in [2.75, 3.05) is 5.32 Å². The molecule has 0 aliphatic heterocycles. The van der Waals surface area contributed by atoms with Gasteiger partial charge in [-0.25, -0.2) is 0 Å². The summed E-state index contributed by atoms with van der Waals surface area (Å²) in [6.45, 7) is 3.71. The minimum absolute atomic E-state index is 0.158. The Morgan fingerprint density at radius 2 is 2.17 bits per heavy atom. The Bertz CT molecular complexity index is 529. The van der Waals surface area contributed by atoms with E-state index in [9.17, 15) is 4.79 Å². The molecule has 0 spiro atoms. The van der Waals surface area contributed by atoms with Crippen LogP contribution in [0.15, 0.2) is 59.9 Å². The average Bonchev–Trinajstić information content (AvgIpc) is 2.91. The predicted molar refractivity (Wildman–Crippen MR) is 71.6 cm³/mol. The maximum absolute atomic E-state index is 11.9. The van der Waals surface area contributed by atoms with Gasteiger partial charge in [0.1, 0.15) is 6.26 Å². The molecule has 0 aliphatic carbocycles. The van der Waals surface area contributed by atoms with E-state index in [4.69, 9.17) is 4.42 Å². The lowest BCUT2D eigenvalue weighted by Crippen LogP contribution is -2.12. The summed E-state index contributed by atoms with van der Waals surface area (Å²) in [6.07, 6.45) is 6.54. The van der Waals surface area contributed by atoms with Crippen LogP contribution in [0.4, 0.5) is 5.69 Å². The van der Waals surface area contributed by atoms with Crippen molar-refractivity contribution < 1.29 is 9.21 Å². The Kier molecular flexibility index (Phi) is 3.97. The van der Waals surface area contributed by atoms with Crippen molar-refractivity contribution in [1.29, 1.82) is 0 Å². The maximum Gasteiger partial charge on any atom is 0.258 e. The first-order chi connectivity index (χ1) is 8.81. The number of amides is 1. The van der Waals surface area contributed by atoms with E-state index in [-0.39, 0.29) is 5.91 Å². The third-order valence-corrected chi connectivity index (χ3v) is 2.67. The van der Waals surface area contributed by atoms with E-state index in [1.807, 2.05) is 30.3 Å². The standard InChI is InChI=1S/C15H15NO2/c1-2-3-6-12-7-4-5-8-14(12)16-15(17)13-9-10-18-11-13/h2,4-5,7-11H,1,3,6H2,(H,16,17). The van der Waals surface area contributed by atoms with Crippen LogP contribution in [0.3, 0.4) is 0 Å². The Morgan fingerprint density at radius 1 is 1.33 bits per heavy atom. The number of para-hydroxylation sites is 1. The van der Waals surface area contributed by atoms with Crippen LogP contribution in [0.1, 0.15) is 22.3 Å². The van der Waals surface area contributed by atoms with Gasteiger partial charge >= 0.3 is 0 Å². The first kappa shape index (κ1) is 12.2. The van der Waals surface area contributed by atoms with Gasteiger partial charge in [0.15, 0.2) is 0 Å². The van der Waals surface area contributed by atoms with Gasteiger partial charge in [-0.15, -0.1) is 6.58 Å². The highest BCUT2D eigenvalue weighted by atomic mass is 16.3. The fraction of sp³-hybridized carbons (Fsp3) is 0.133. The lowest BCUT2D eigenvalue weighted by Gasteiger charge is -2.09. The fourth-order valence-electron chi connectivity index (χ4n) is 1.71. The van der Waals surface area contributed by atoms with E-state index in [1.165, 1.54) is 12.5 Å². The quantitative estimate of drug-likeness (QED) is 0.812. The molecule has 2 aromatic rings. The first-order valence-corrected chi connectivity index (χ1v) is 5.83. The lowest BCUT2D eigenvalue weighted by molar-refractivity contribution is 0.102. The molecular weight excluding hydrogens is 226 g/mol. The number of hydrogen-bond acceptors (Lipinski definition) is 2. The molecule has 2 rings (SSSR count). The second kappa shape index (κ2) is 5.87. The molecular formula is C15H15NO2. The summed E-state index contributed by atoms with van der Waals surface area (Å²) in [5.41, 5.74) is 2.47. The molecule has 1 N–H and O–H groups in total. The van der Waals surface area contributed by atoms with Crippen LogP contribution in [-0.4, -0.2) is 5.91 Å². The first-order valence-electron chi connectivity index (χ1n) is 5.83. The van der Waals surface area contributed by atoms with Crippen molar-refractivity contribution >= 4 is 11.6 Å². The minimum Gasteiger partial charge on any atom is -0.472 e. The number of carbonyl (C=O) groups is 1. The highest BCUT2D eigenvalue weighted by molar-refractivity contribution is 6.04. The number of rotatable bonds is 5. The normalized spacial score (nSPS) is 10.0. The second-order valence-electron chi connectivity index (χ2n) is 3.95. The molecule has 0 fully saturated rings. The van der Waals surface area contributed by atoms with Crippen molar-refractivity contribution in [3.8, 4) is 0 Å². The van der Waals surface area contributed by atoms with Crippen LogP contribution in [0.25, 0.3) is 0 Å². The molecule has 0 radical (unpaired) electrons. The molecule has 1 aromatic heterocycles. The van der Waals surface area contributed by atoms with Gasteiger partial charge in [0.2, 0.25) is 0 Å². The van der Waals surface area contributed by atoms with E-state index in [1.54, 1.807) is 6.07 Å². The van der Waals surface area contributed by atoms with Crippen molar-refractivity contribution in [3.63, 3.8) is 0 Å². The largest absolute Gasteiger partial charge is 0.472 e. The average molecular weight is 241 g/mol. The van der Waals surface area contributed by atoms with Crippen LogP contribution in [0.2, 0.25) is 0 Å². The number of carbonyl (C=O) groups excluding carboxylic acids is 1. The summed E-state index contributed by atoms with van der Waals surface area (Å²) in [4.78, 5) is 11.9. The highest BCUT2D eigenvalue weighted by Gasteiger charge is 2.09. The van der Waals surface area contributed by atoms with Crippen molar-refractivity contribution in [1.82, 2.24) is 0 Å². The predicted octanol–water partition coefficient (Wildman–Crippen LogP) is 3.65. The third kappa shape index (κ3) is 2.88. The van der Waals surface area contributed by atoms with Gasteiger partial charge in [-0.2, -0.15) is 0 Å². The molecule has 0 aliphatic rings. The van der Waals surface area contributed by atoms with E-state index in [2.05, 4.69) is 11.9 Å². The zero-order valence-corrected chi connectivity index (χ0v) is 10.1. The van der Waals surface area contributed by atoms with Gasteiger partial charge < -0.3 is 9.73 Å². The van der Waals surface area contributed by atoms with E-state index in [0.29, 0.717) is 5.56 Å². The number of benzene rings is 1. The van der Waals surface area contributed by atoms with Crippen LogP contribution < -0.4 is 5.32 Å². The number of nitrogens with one attached hydrogen (secondary N) is 1. The van der Waals surface area contributed by atoms with Gasteiger partial charge in [-0.05, 0) is 30.5 Å². The molecule has 18 heavy (non-hydrogen) atoms. The number of aryl methyl sites for hydroxylation is 1. The third-order valence-electron chi connectivity index (χ3n) is 2.67. The summed E-state index contributed by atoms with van der Waals surface area (Å²) < 4.78 is 4.89. The molecule has 92 valence electrons. The topological polar surface area (TPSA) is 42.2 Å². The Labute approximate surface area is 106 Å². The maximum atomic E-state index is 11.9. The fourth-order valence-corrected chi connectivity index (χ4v) is 1.71. The van der Waals surface area contributed by atoms with Crippen LogP contribution in [-0.2, 0) is 6.42 Å². The molecule has 1 aromatic carbocycles. The van der Waals surface area contributed by atoms with Gasteiger partial charge in [-0.1, -0.05) is 24.3 Å². The summed E-state index contributed by atoms with van der Waals surface area (Å²) >= 11 is 0. The zero-order chi connectivity index (χ0) is 12.8. The van der Waals surface area contributed by atoms with Crippen LogP contribution in [0.5, 0.6) is 0 Å². The minimum atomic E-state index is -0.158. The number of anilines is 1. The Balaban J connectivity index is 2.13. The molecule has 0 saturated heterocycles. The number of furan rings is 1.